The van der Waals surface area contributed by atoms with E-state index in [2.05, 4.69) is 35.0 Å². The molecule has 24 heavy (non-hydrogen) atoms. The molecule has 4 nitrogen and oxygen atoms in total. The summed E-state index contributed by atoms with van der Waals surface area (Å²) in [6.45, 7) is 6.33. The van der Waals surface area contributed by atoms with Crippen LogP contribution in [0.4, 0.5) is 0 Å². The average molecular weight is 337 g/mol. The molecule has 1 aromatic heterocycles. The summed E-state index contributed by atoms with van der Waals surface area (Å²) in [6, 6.07) is 18.2. The number of ether oxygens (including phenoxy) is 1. The lowest BCUT2D eigenvalue weighted by molar-refractivity contribution is 0.212. The number of allylic oxidation sites excluding steroid dienone is 1. The summed E-state index contributed by atoms with van der Waals surface area (Å²) < 4.78 is 8.66. The number of benzene rings is 2. The monoisotopic (exact) mass is 337 g/mol. The largest absolute Gasteiger partial charge is 0.482 e. The maximum atomic E-state index is 6.20. The van der Waals surface area contributed by atoms with Crippen LogP contribution in [0, 0.1) is 4.77 Å². The van der Waals surface area contributed by atoms with Gasteiger partial charge in [-0.15, -0.1) is 6.58 Å². The van der Waals surface area contributed by atoms with Crippen molar-refractivity contribution in [3.63, 3.8) is 0 Å². The second kappa shape index (κ2) is 7.27. The van der Waals surface area contributed by atoms with E-state index >= 15 is 0 Å². The van der Waals surface area contributed by atoms with E-state index < -0.39 is 0 Å². The minimum Gasteiger partial charge on any atom is -0.482 e. The smallest absolute Gasteiger partial charge is 0.195 e. The van der Waals surface area contributed by atoms with Crippen LogP contribution in [-0.2, 0) is 6.54 Å². The van der Waals surface area contributed by atoms with Crippen LogP contribution in [0.25, 0.3) is 11.1 Å². The Morgan fingerprint density at radius 1 is 1.21 bits per heavy atom. The fraction of sp³-hybridized carbons (Fsp3) is 0.158. The van der Waals surface area contributed by atoms with E-state index in [4.69, 9.17) is 17.0 Å². The molecule has 0 radical (unpaired) electrons. The zero-order valence-corrected chi connectivity index (χ0v) is 14.3. The molecule has 0 saturated carbocycles. The normalized spacial score (nSPS) is 11.9. The molecular formula is C19H19N3OS. The van der Waals surface area contributed by atoms with Gasteiger partial charge in [0.2, 0.25) is 0 Å². The summed E-state index contributed by atoms with van der Waals surface area (Å²) in [5.74, 6) is 1.57. The Morgan fingerprint density at radius 3 is 2.67 bits per heavy atom. The highest BCUT2D eigenvalue weighted by Gasteiger charge is 2.17. The molecule has 1 heterocycles. The molecule has 0 saturated heterocycles. The third-order valence-corrected chi connectivity index (χ3v) is 4.05. The van der Waals surface area contributed by atoms with Gasteiger partial charge in [-0.05, 0) is 30.8 Å². The Morgan fingerprint density at radius 2 is 1.92 bits per heavy atom. The van der Waals surface area contributed by atoms with Gasteiger partial charge < -0.3 is 4.74 Å². The fourth-order valence-electron chi connectivity index (χ4n) is 2.61. The predicted molar refractivity (Wildman–Crippen MR) is 98.5 cm³/mol. The van der Waals surface area contributed by atoms with E-state index in [1.54, 1.807) is 6.08 Å². The highest BCUT2D eigenvalue weighted by atomic mass is 32.1. The maximum Gasteiger partial charge on any atom is 0.195 e. The maximum absolute atomic E-state index is 6.20. The van der Waals surface area contributed by atoms with Crippen molar-refractivity contribution >= 4 is 12.2 Å². The Hall–Kier alpha value is -2.66. The second-order valence-electron chi connectivity index (χ2n) is 5.41. The van der Waals surface area contributed by atoms with Crippen molar-refractivity contribution in [2.45, 2.75) is 19.6 Å². The van der Waals surface area contributed by atoms with Crippen LogP contribution in [0.5, 0.6) is 5.75 Å². The molecule has 0 bridgehead atoms. The molecule has 0 fully saturated rings. The van der Waals surface area contributed by atoms with Crippen LogP contribution in [0.3, 0.4) is 0 Å². The number of rotatable bonds is 6. The van der Waals surface area contributed by atoms with Gasteiger partial charge in [0, 0.05) is 12.1 Å². The average Bonchev–Trinajstić information content (AvgIpc) is 2.97. The zero-order chi connectivity index (χ0) is 16.9. The molecule has 3 aromatic rings. The van der Waals surface area contributed by atoms with E-state index in [1.807, 2.05) is 47.9 Å². The van der Waals surface area contributed by atoms with Crippen molar-refractivity contribution < 1.29 is 4.74 Å². The van der Waals surface area contributed by atoms with Crippen molar-refractivity contribution in [2.24, 2.45) is 0 Å². The Bertz CT molecular complexity index is 883. The highest BCUT2D eigenvalue weighted by molar-refractivity contribution is 7.71. The molecule has 1 atom stereocenters. The van der Waals surface area contributed by atoms with Crippen LogP contribution in [0.2, 0.25) is 0 Å². The molecule has 0 aliphatic heterocycles. The number of aromatic amines is 1. The lowest BCUT2D eigenvalue weighted by atomic mass is 10.0. The van der Waals surface area contributed by atoms with Gasteiger partial charge in [0.15, 0.2) is 16.7 Å². The predicted octanol–water partition coefficient (Wildman–Crippen LogP) is 4.93. The quantitative estimate of drug-likeness (QED) is 0.512. The fourth-order valence-corrected chi connectivity index (χ4v) is 2.83. The van der Waals surface area contributed by atoms with E-state index in [0.717, 1.165) is 22.7 Å². The first-order valence-corrected chi connectivity index (χ1v) is 8.18. The number of hydrogen-bond acceptors (Lipinski definition) is 3. The van der Waals surface area contributed by atoms with Crippen LogP contribution in [0.1, 0.15) is 18.9 Å². The molecular weight excluding hydrogens is 318 g/mol. The van der Waals surface area contributed by atoms with Crippen LogP contribution in [0.15, 0.2) is 67.3 Å². The Kier molecular flexibility index (Phi) is 4.91. The molecule has 5 heteroatoms. The van der Waals surface area contributed by atoms with Crippen molar-refractivity contribution in [1.29, 1.82) is 0 Å². The Labute approximate surface area is 146 Å². The minimum atomic E-state index is -0.247. The van der Waals surface area contributed by atoms with Gasteiger partial charge in [0.05, 0.1) is 0 Å². The molecule has 0 amide bonds. The van der Waals surface area contributed by atoms with E-state index in [0.29, 0.717) is 11.3 Å². The third-order valence-electron chi connectivity index (χ3n) is 3.74. The summed E-state index contributed by atoms with van der Waals surface area (Å²) in [7, 11) is 0. The van der Waals surface area contributed by atoms with Crippen molar-refractivity contribution in [2.75, 3.05) is 0 Å². The molecule has 3 rings (SSSR count). The first-order chi connectivity index (χ1) is 11.7. The van der Waals surface area contributed by atoms with Gasteiger partial charge in [0.25, 0.3) is 0 Å². The third kappa shape index (κ3) is 3.31. The van der Waals surface area contributed by atoms with Gasteiger partial charge in [-0.2, -0.15) is 5.10 Å². The number of aromatic nitrogens is 3. The molecule has 0 unspecified atom stereocenters. The Balaban J connectivity index is 1.92. The van der Waals surface area contributed by atoms with E-state index in [9.17, 15) is 0 Å². The van der Waals surface area contributed by atoms with Gasteiger partial charge >= 0.3 is 0 Å². The lowest BCUT2D eigenvalue weighted by Crippen LogP contribution is -2.12. The van der Waals surface area contributed by atoms with Crippen molar-refractivity contribution in [3.8, 4) is 16.9 Å². The summed E-state index contributed by atoms with van der Waals surface area (Å²) >= 11 is 5.27. The number of nitrogens with one attached hydrogen (secondary N) is 1. The summed E-state index contributed by atoms with van der Waals surface area (Å²) in [4.78, 5) is 0. The first-order valence-electron chi connectivity index (χ1n) is 7.78. The van der Waals surface area contributed by atoms with Crippen LogP contribution in [-0.4, -0.2) is 14.8 Å². The number of nitrogens with zero attached hydrogens (tertiary/aromatic N) is 2. The second-order valence-corrected chi connectivity index (χ2v) is 5.80. The topological polar surface area (TPSA) is 42.8 Å². The summed E-state index contributed by atoms with van der Waals surface area (Å²) in [5, 5.41) is 7.13. The van der Waals surface area contributed by atoms with Crippen LogP contribution >= 0.6 is 12.2 Å². The van der Waals surface area contributed by atoms with Gasteiger partial charge in [-0.25, -0.2) is 0 Å². The lowest BCUT2D eigenvalue weighted by Gasteiger charge is -2.17. The molecule has 122 valence electrons. The first kappa shape index (κ1) is 16.2. The summed E-state index contributed by atoms with van der Waals surface area (Å²) in [5.41, 5.74) is 2.17. The van der Waals surface area contributed by atoms with Crippen LogP contribution < -0.4 is 4.74 Å². The van der Waals surface area contributed by atoms with Gasteiger partial charge in [-0.1, -0.05) is 54.6 Å². The number of para-hydroxylation sites is 1. The van der Waals surface area contributed by atoms with Crippen molar-refractivity contribution in [3.05, 3.63) is 77.8 Å². The highest BCUT2D eigenvalue weighted by Crippen LogP contribution is 2.32. The van der Waals surface area contributed by atoms with E-state index in [-0.39, 0.29) is 6.10 Å². The number of H-pyrrole nitrogens is 1. The van der Waals surface area contributed by atoms with Crippen molar-refractivity contribution in [1.82, 2.24) is 14.8 Å². The van der Waals surface area contributed by atoms with E-state index in [1.165, 1.54) is 0 Å². The number of hydrogen-bond donors (Lipinski definition) is 1. The van der Waals surface area contributed by atoms with Gasteiger partial charge in [-0.3, -0.25) is 9.67 Å². The molecule has 0 aliphatic carbocycles. The SMILES string of the molecule is C=CCn1c([C@@H](C)Oc2ccccc2-c2ccccc2)n[nH]c1=S. The zero-order valence-electron chi connectivity index (χ0n) is 13.5. The molecule has 2 aromatic carbocycles. The molecule has 1 N–H and O–H groups in total. The van der Waals surface area contributed by atoms with Gasteiger partial charge in [0.1, 0.15) is 5.75 Å². The minimum absolute atomic E-state index is 0.247. The molecule has 0 spiro atoms. The summed E-state index contributed by atoms with van der Waals surface area (Å²) in [6.07, 6.45) is 1.54. The standard InChI is InChI=1S/C19H19N3OS/c1-3-13-22-18(20-21-19(22)24)14(2)23-17-12-8-7-11-16(17)15-9-5-4-6-10-15/h3-12,14H,1,13H2,2H3,(H,21,24)/t14-/m1/s1. The molecule has 0 aliphatic rings.